The maximum absolute atomic E-state index is 12.9. The van der Waals surface area contributed by atoms with Crippen molar-refractivity contribution in [1.29, 1.82) is 0 Å². The predicted octanol–water partition coefficient (Wildman–Crippen LogP) is 3.66. The van der Waals surface area contributed by atoms with E-state index in [9.17, 15) is 9.59 Å². The van der Waals surface area contributed by atoms with Gasteiger partial charge < -0.3 is 15.4 Å². The Morgan fingerprint density at radius 3 is 2.26 bits per heavy atom. The van der Waals surface area contributed by atoms with Gasteiger partial charge in [-0.3, -0.25) is 9.59 Å². The molecule has 2 N–H and O–H groups in total. The molecule has 0 heterocycles. The highest BCUT2D eigenvalue weighted by atomic mass is 16.5. The average molecular weight is 366 g/mol. The lowest BCUT2D eigenvalue weighted by molar-refractivity contribution is -0.134. The summed E-state index contributed by atoms with van der Waals surface area (Å²) in [7, 11) is 1.60. The first kappa shape index (κ1) is 19.0. The molecule has 0 radical (unpaired) electrons. The van der Waals surface area contributed by atoms with Crippen molar-refractivity contribution in [1.82, 2.24) is 5.32 Å². The van der Waals surface area contributed by atoms with E-state index in [1.54, 1.807) is 7.11 Å². The topological polar surface area (TPSA) is 67.4 Å². The van der Waals surface area contributed by atoms with Gasteiger partial charge in [-0.05, 0) is 50.8 Å². The maximum Gasteiger partial charge on any atom is 0.240 e. The number of aryl methyl sites for hydroxylation is 3. The number of anilines is 1. The van der Waals surface area contributed by atoms with E-state index in [2.05, 4.69) is 10.6 Å². The molecule has 1 fully saturated rings. The van der Waals surface area contributed by atoms with Crippen LogP contribution in [0.25, 0.3) is 0 Å². The van der Waals surface area contributed by atoms with Crippen LogP contribution in [-0.2, 0) is 16.1 Å². The summed E-state index contributed by atoms with van der Waals surface area (Å²) in [6, 6.07) is 11.6. The molecule has 2 amide bonds. The summed E-state index contributed by atoms with van der Waals surface area (Å²) >= 11 is 0. The molecule has 5 heteroatoms. The molecule has 0 bridgehead atoms. The minimum Gasteiger partial charge on any atom is -0.496 e. The van der Waals surface area contributed by atoms with E-state index < -0.39 is 5.41 Å². The van der Waals surface area contributed by atoms with E-state index >= 15 is 0 Å². The van der Waals surface area contributed by atoms with Crippen LogP contribution in [0.2, 0.25) is 0 Å². The van der Waals surface area contributed by atoms with Gasteiger partial charge in [-0.15, -0.1) is 0 Å². The fourth-order valence-electron chi connectivity index (χ4n) is 3.49. The van der Waals surface area contributed by atoms with Crippen LogP contribution >= 0.6 is 0 Å². The van der Waals surface area contributed by atoms with Crippen molar-refractivity contribution >= 4 is 17.5 Å². The maximum atomic E-state index is 12.9. The third kappa shape index (κ3) is 3.82. The molecule has 3 rings (SSSR count). The Labute approximate surface area is 160 Å². The summed E-state index contributed by atoms with van der Waals surface area (Å²) in [6.45, 7) is 6.30. The van der Waals surface area contributed by atoms with Gasteiger partial charge in [0.15, 0.2) is 0 Å². The molecule has 2 aromatic carbocycles. The largest absolute Gasteiger partial charge is 0.496 e. The van der Waals surface area contributed by atoms with Crippen molar-refractivity contribution in [2.45, 2.75) is 40.2 Å². The molecule has 0 spiro atoms. The molecule has 1 aliphatic carbocycles. The van der Waals surface area contributed by atoms with Crippen LogP contribution in [-0.4, -0.2) is 18.9 Å². The molecule has 142 valence electrons. The molecule has 0 aliphatic heterocycles. The van der Waals surface area contributed by atoms with E-state index in [0.29, 0.717) is 19.4 Å². The minimum absolute atomic E-state index is 0.227. The summed E-state index contributed by atoms with van der Waals surface area (Å²) < 4.78 is 5.31. The van der Waals surface area contributed by atoms with Crippen LogP contribution < -0.4 is 15.4 Å². The zero-order chi connectivity index (χ0) is 19.6. The standard InChI is InChI=1S/C22H26N2O3/c1-14-11-15(2)19(16(3)12-14)24-21(26)22(9-10-22)20(25)23-13-17-7-5-6-8-18(17)27-4/h5-8,11-12H,9-10,13H2,1-4H3,(H,23,25)(H,24,26). The first-order chi connectivity index (χ1) is 12.9. The molecule has 1 aliphatic rings. The molecule has 1 saturated carbocycles. The fraction of sp³-hybridized carbons (Fsp3) is 0.364. The normalized spacial score (nSPS) is 14.4. The van der Waals surface area contributed by atoms with E-state index in [0.717, 1.165) is 33.7 Å². The SMILES string of the molecule is COc1ccccc1CNC(=O)C1(C(=O)Nc2c(C)cc(C)cc2C)CC1. The monoisotopic (exact) mass is 366 g/mol. The Hall–Kier alpha value is -2.82. The highest BCUT2D eigenvalue weighted by Crippen LogP contribution is 2.47. The number of nitrogens with one attached hydrogen (secondary N) is 2. The Balaban J connectivity index is 1.69. The highest BCUT2D eigenvalue weighted by Gasteiger charge is 2.56. The van der Waals surface area contributed by atoms with Gasteiger partial charge in [0, 0.05) is 17.8 Å². The average Bonchev–Trinajstić information content (AvgIpc) is 3.44. The lowest BCUT2D eigenvalue weighted by Crippen LogP contribution is -2.39. The molecular weight excluding hydrogens is 340 g/mol. The van der Waals surface area contributed by atoms with Crippen LogP contribution in [0.5, 0.6) is 5.75 Å². The summed E-state index contributed by atoms with van der Waals surface area (Å²) in [5.74, 6) is 0.265. The number of hydrogen-bond acceptors (Lipinski definition) is 3. The molecule has 0 aromatic heterocycles. The minimum atomic E-state index is -0.966. The number of benzene rings is 2. The van der Waals surface area contributed by atoms with Crippen LogP contribution in [0, 0.1) is 26.2 Å². The Morgan fingerprint density at radius 1 is 1.04 bits per heavy atom. The van der Waals surface area contributed by atoms with Crippen molar-refractivity contribution in [3.8, 4) is 5.75 Å². The molecule has 0 atom stereocenters. The van der Waals surface area contributed by atoms with Gasteiger partial charge in [-0.25, -0.2) is 0 Å². The van der Waals surface area contributed by atoms with Gasteiger partial charge >= 0.3 is 0 Å². The molecule has 5 nitrogen and oxygen atoms in total. The van der Waals surface area contributed by atoms with Crippen molar-refractivity contribution in [2.24, 2.45) is 5.41 Å². The van der Waals surface area contributed by atoms with E-state index in [1.807, 2.05) is 57.2 Å². The van der Waals surface area contributed by atoms with E-state index in [-0.39, 0.29) is 11.8 Å². The van der Waals surface area contributed by atoms with Crippen LogP contribution in [0.4, 0.5) is 5.69 Å². The van der Waals surface area contributed by atoms with Crippen molar-refractivity contribution in [3.05, 3.63) is 58.7 Å². The third-order valence-electron chi connectivity index (χ3n) is 5.17. The Bertz CT molecular complexity index is 862. The van der Waals surface area contributed by atoms with E-state index in [1.165, 1.54) is 0 Å². The van der Waals surface area contributed by atoms with Crippen molar-refractivity contribution in [3.63, 3.8) is 0 Å². The first-order valence-electron chi connectivity index (χ1n) is 9.17. The van der Waals surface area contributed by atoms with E-state index in [4.69, 9.17) is 4.74 Å². The van der Waals surface area contributed by atoms with Crippen LogP contribution in [0.3, 0.4) is 0 Å². The number of para-hydroxylation sites is 1. The molecule has 2 aromatic rings. The summed E-state index contributed by atoms with van der Waals surface area (Å²) in [6.07, 6.45) is 1.14. The first-order valence-corrected chi connectivity index (χ1v) is 9.17. The highest BCUT2D eigenvalue weighted by molar-refractivity contribution is 6.13. The number of ether oxygens (including phenoxy) is 1. The van der Waals surface area contributed by atoms with Crippen LogP contribution in [0.15, 0.2) is 36.4 Å². The van der Waals surface area contributed by atoms with Gasteiger partial charge in [0.05, 0.1) is 7.11 Å². The number of carbonyl (C=O) groups is 2. The molecular formula is C22H26N2O3. The zero-order valence-corrected chi connectivity index (χ0v) is 16.3. The number of amides is 2. The van der Waals surface area contributed by atoms with Gasteiger partial charge in [-0.2, -0.15) is 0 Å². The van der Waals surface area contributed by atoms with Crippen LogP contribution in [0.1, 0.15) is 35.1 Å². The fourth-order valence-corrected chi connectivity index (χ4v) is 3.49. The Kier molecular flexibility index (Phi) is 5.22. The lowest BCUT2D eigenvalue weighted by Gasteiger charge is -2.18. The zero-order valence-electron chi connectivity index (χ0n) is 16.3. The number of rotatable bonds is 6. The van der Waals surface area contributed by atoms with Gasteiger partial charge in [-0.1, -0.05) is 35.9 Å². The molecule has 27 heavy (non-hydrogen) atoms. The van der Waals surface area contributed by atoms with Gasteiger partial charge in [0.1, 0.15) is 11.2 Å². The lowest BCUT2D eigenvalue weighted by atomic mass is 10.0. The van der Waals surface area contributed by atoms with Gasteiger partial charge in [0.2, 0.25) is 11.8 Å². The predicted molar refractivity (Wildman–Crippen MR) is 106 cm³/mol. The third-order valence-corrected chi connectivity index (χ3v) is 5.17. The quantitative estimate of drug-likeness (QED) is 0.767. The van der Waals surface area contributed by atoms with Crippen molar-refractivity contribution in [2.75, 3.05) is 12.4 Å². The molecule has 0 saturated heterocycles. The number of hydrogen-bond donors (Lipinski definition) is 2. The second-order valence-electron chi connectivity index (χ2n) is 7.30. The second-order valence-corrected chi connectivity index (χ2v) is 7.30. The Morgan fingerprint density at radius 2 is 1.67 bits per heavy atom. The summed E-state index contributed by atoms with van der Waals surface area (Å²) in [5, 5.41) is 5.89. The number of methoxy groups -OCH3 is 1. The van der Waals surface area contributed by atoms with Crippen molar-refractivity contribution < 1.29 is 14.3 Å². The molecule has 0 unspecified atom stereocenters. The summed E-state index contributed by atoms with van der Waals surface area (Å²) in [5.41, 5.74) is 3.88. The summed E-state index contributed by atoms with van der Waals surface area (Å²) in [4.78, 5) is 25.6. The second kappa shape index (κ2) is 7.43. The smallest absolute Gasteiger partial charge is 0.240 e. The van der Waals surface area contributed by atoms with Gasteiger partial charge in [0.25, 0.3) is 0 Å². The number of carbonyl (C=O) groups excluding carboxylic acids is 2.